The number of ketones is 1. The fourth-order valence-electron chi connectivity index (χ4n) is 5.51. The van der Waals surface area contributed by atoms with Gasteiger partial charge in [-0.25, -0.2) is 9.59 Å². The summed E-state index contributed by atoms with van der Waals surface area (Å²) in [4.78, 5) is 80.5. The van der Waals surface area contributed by atoms with Crippen molar-refractivity contribution < 1.29 is 33.5 Å². The lowest BCUT2D eigenvalue weighted by Crippen LogP contribution is -2.61. The molecule has 5 atom stereocenters. The highest BCUT2D eigenvalue weighted by Gasteiger charge is 2.46. The Morgan fingerprint density at radius 3 is 1.98 bits per heavy atom. The molecule has 6 amide bonds. The van der Waals surface area contributed by atoms with Gasteiger partial charge in [-0.15, -0.1) is 0 Å². The summed E-state index contributed by atoms with van der Waals surface area (Å²) in [6.45, 7) is 15.4. The van der Waals surface area contributed by atoms with Crippen molar-refractivity contribution in [2.24, 2.45) is 34.3 Å². The molecule has 0 spiro atoms. The molecule has 1 saturated carbocycles. The zero-order valence-corrected chi connectivity index (χ0v) is 28.8. The van der Waals surface area contributed by atoms with Crippen LogP contribution in [0.3, 0.4) is 0 Å². The van der Waals surface area contributed by atoms with E-state index in [9.17, 15) is 28.8 Å². The van der Waals surface area contributed by atoms with Crippen LogP contribution in [0.2, 0.25) is 0 Å². The van der Waals surface area contributed by atoms with Crippen LogP contribution in [-0.4, -0.2) is 96.8 Å². The van der Waals surface area contributed by atoms with Gasteiger partial charge in [-0.2, -0.15) is 0 Å². The second kappa shape index (κ2) is 15.3. The van der Waals surface area contributed by atoms with Crippen molar-refractivity contribution in [3.63, 3.8) is 0 Å². The molecule has 0 aromatic rings. The van der Waals surface area contributed by atoms with E-state index in [4.69, 9.17) is 10.5 Å². The molecule has 0 aromatic carbocycles. The first-order valence-corrected chi connectivity index (χ1v) is 16.0. The number of amides is 6. The molecule has 2 fully saturated rings. The number of Topliss-reactive ketones (excluding diaryl/α,β-unsaturated/α-hetero) is 1. The Bertz CT molecular complexity index is 1110. The van der Waals surface area contributed by atoms with Crippen LogP contribution >= 0.6 is 0 Å². The molecular weight excluding hydrogens is 580 g/mol. The van der Waals surface area contributed by atoms with Gasteiger partial charge in [0, 0.05) is 20.6 Å². The van der Waals surface area contributed by atoms with E-state index >= 15 is 0 Å². The van der Waals surface area contributed by atoms with Crippen LogP contribution in [0.4, 0.5) is 9.59 Å². The molecular formula is C32H56N6O7. The van der Waals surface area contributed by atoms with Crippen LogP contribution in [0.1, 0.15) is 87.5 Å². The molecule has 3 unspecified atom stereocenters. The van der Waals surface area contributed by atoms with Crippen LogP contribution in [-0.2, 0) is 23.9 Å². The third-order valence-electron chi connectivity index (χ3n) is 9.01. The number of primary amides is 1. The Kier molecular flexibility index (Phi) is 12.8. The summed E-state index contributed by atoms with van der Waals surface area (Å²) in [6, 6.07) is -4.13. The average Bonchev–Trinajstić information content (AvgIpc) is 3.34. The minimum absolute atomic E-state index is 0.00715. The van der Waals surface area contributed by atoms with E-state index in [2.05, 4.69) is 16.0 Å². The van der Waals surface area contributed by atoms with Gasteiger partial charge in [0.25, 0.3) is 5.91 Å². The Balaban J connectivity index is 2.28. The fourth-order valence-corrected chi connectivity index (χ4v) is 5.51. The van der Waals surface area contributed by atoms with Crippen LogP contribution in [0.15, 0.2) is 0 Å². The molecule has 1 aliphatic heterocycles. The third kappa shape index (κ3) is 10.6. The van der Waals surface area contributed by atoms with E-state index in [0.717, 1.165) is 19.3 Å². The summed E-state index contributed by atoms with van der Waals surface area (Å²) in [5, 5.41) is 8.44. The number of hydrogen-bond donors (Lipinski definition) is 4. The number of hydrogen-bond acceptors (Lipinski definition) is 7. The highest BCUT2D eigenvalue weighted by atomic mass is 16.6. The molecule has 13 nitrogen and oxygen atoms in total. The van der Waals surface area contributed by atoms with Crippen LogP contribution in [0.25, 0.3) is 0 Å². The molecule has 0 aromatic heterocycles. The lowest BCUT2D eigenvalue weighted by atomic mass is 9.80. The summed E-state index contributed by atoms with van der Waals surface area (Å²) in [5.41, 5.74) is 4.08. The van der Waals surface area contributed by atoms with Crippen LogP contribution in [0, 0.1) is 28.6 Å². The Morgan fingerprint density at radius 1 is 0.933 bits per heavy atom. The summed E-state index contributed by atoms with van der Waals surface area (Å²) in [6.07, 6.45) is 3.02. The Labute approximate surface area is 268 Å². The number of nitrogens with two attached hydrogens (primary N) is 1. The molecule has 256 valence electrons. The van der Waals surface area contributed by atoms with E-state index in [1.54, 1.807) is 14.1 Å². The maximum absolute atomic E-state index is 14.2. The molecule has 1 heterocycles. The van der Waals surface area contributed by atoms with Gasteiger partial charge in [-0.3, -0.25) is 19.2 Å². The van der Waals surface area contributed by atoms with Gasteiger partial charge < -0.3 is 36.2 Å². The van der Waals surface area contributed by atoms with Gasteiger partial charge >= 0.3 is 12.1 Å². The molecule has 5 N–H and O–H groups in total. The highest BCUT2D eigenvalue weighted by Crippen LogP contribution is 2.33. The van der Waals surface area contributed by atoms with E-state index in [1.165, 1.54) is 9.80 Å². The van der Waals surface area contributed by atoms with Gasteiger partial charge in [0.2, 0.25) is 17.6 Å². The second-order valence-corrected chi connectivity index (χ2v) is 15.4. The minimum atomic E-state index is -1.10. The topological polar surface area (TPSA) is 180 Å². The molecule has 45 heavy (non-hydrogen) atoms. The van der Waals surface area contributed by atoms with Crippen molar-refractivity contribution in [1.29, 1.82) is 0 Å². The lowest BCUT2D eigenvalue weighted by molar-refractivity contribution is -0.143. The normalized spacial score (nSPS) is 20.8. The van der Waals surface area contributed by atoms with Gasteiger partial charge in [0.05, 0.1) is 12.1 Å². The zero-order valence-electron chi connectivity index (χ0n) is 28.8. The summed E-state index contributed by atoms with van der Waals surface area (Å²) >= 11 is 0. The molecule has 2 rings (SSSR count). The van der Waals surface area contributed by atoms with E-state index in [-0.39, 0.29) is 24.4 Å². The smallest absolute Gasteiger partial charge is 0.409 e. The first kappa shape index (κ1) is 37.8. The number of nitrogens with one attached hydrogen (secondary N) is 3. The van der Waals surface area contributed by atoms with Crippen molar-refractivity contribution in [2.45, 2.75) is 112 Å². The molecule has 1 saturated heterocycles. The van der Waals surface area contributed by atoms with Crippen LogP contribution in [0.5, 0.6) is 0 Å². The molecule has 1 aliphatic carbocycles. The quantitative estimate of drug-likeness (QED) is 0.237. The van der Waals surface area contributed by atoms with Crippen molar-refractivity contribution in [2.75, 3.05) is 27.2 Å². The third-order valence-corrected chi connectivity index (χ3v) is 9.01. The van der Waals surface area contributed by atoms with Gasteiger partial charge in [0.1, 0.15) is 18.7 Å². The van der Waals surface area contributed by atoms with Crippen molar-refractivity contribution in [3.05, 3.63) is 0 Å². The largest absolute Gasteiger partial charge is 0.447 e. The zero-order chi connectivity index (χ0) is 34.4. The highest BCUT2D eigenvalue weighted by molar-refractivity contribution is 6.37. The maximum atomic E-state index is 14.2. The minimum Gasteiger partial charge on any atom is -0.447 e. The summed E-state index contributed by atoms with van der Waals surface area (Å²) in [7, 11) is 3.13. The SMILES string of the molecule is CC(C)[C@@H]1CC(C(=O)NC(CC2CCC2)C(=O)C(N)=O)N(C(=O)C(NC(=O)N[C@H](COC(=O)N(C)C)C(C)(C)C)C(C)(C)C)C1. The number of urea groups is 1. The van der Waals surface area contributed by atoms with Crippen LogP contribution < -0.4 is 21.7 Å². The van der Waals surface area contributed by atoms with Crippen molar-refractivity contribution >= 4 is 35.6 Å². The molecule has 13 heteroatoms. The van der Waals surface area contributed by atoms with Crippen molar-refractivity contribution in [1.82, 2.24) is 25.8 Å². The van der Waals surface area contributed by atoms with Gasteiger partial charge in [-0.1, -0.05) is 74.7 Å². The average molecular weight is 637 g/mol. The van der Waals surface area contributed by atoms with Crippen molar-refractivity contribution in [3.8, 4) is 0 Å². The first-order chi connectivity index (χ1) is 20.6. The van der Waals surface area contributed by atoms with Gasteiger partial charge in [-0.05, 0) is 41.4 Å². The second-order valence-electron chi connectivity index (χ2n) is 15.4. The number of rotatable bonds is 12. The predicted octanol–water partition coefficient (Wildman–Crippen LogP) is 2.42. The lowest BCUT2D eigenvalue weighted by Gasteiger charge is -2.37. The molecule has 0 bridgehead atoms. The standard InChI is InChI=1S/C32H56N6O7/c1-18(2)20-15-22(27(41)34-21(24(39)26(33)40)14-19-12-11-13-19)38(16-20)28(42)25(32(6,7)8)36-29(43)35-23(31(3,4)5)17-45-30(44)37(9)10/h18-23,25H,11-17H2,1-10H3,(H2,33,40)(H,34,41)(H2,35,36,43)/t20-,21?,22?,23-,25?/m1/s1. The number of carbonyl (C=O) groups excluding carboxylic acids is 6. The molecule has 2 aliphatic rings. The van der Waals surface area contributed by atoms with Gasteiger partial charge in [0.15, 0.2) is 0 Å². The van der Waals surface area contributed by atoms with E-state index in [0.29, 0.717) is 19.4 Å². The maximum Gasteiger partial charge on any atom is 0.409 e. The summed E-state index contributed by atoms with van der Waals surface area (Å²) in [5.74, 6) is -2.50. The predicted molar refractivity (Wildman–Crippen MR) is 170 cm³/mol. The van der Waals surface area contributed by atoms with E-state index < -0.39 is 70.6 Å². The number of nitrogens with zero attached hydrogens (tertiary/aromatic N) is 2. The molecule has 0 radical (unpaired) electrons. The number of carbonyl (C=O) groups is 6. The first-order valence-electron chi connectivity index (χ1n) is 16.0. The fraction of sp³-hybridized carbons (Fsp3) is 0.812. The van der Waals surface area contributed by atoms with E-state index in [1.807, 2.05) is 55.4 Å². The Morgan fingerprint density at radius 2 is 1.53 bits per heavy atom. The Hall–Kier alpha value is -3.38. The summed E-state index contributed by atoms with van der Waals surface area (Å²) < 4.78 is 5.34. The monoisotopic (exact) mass is 636 g/mol. The number of likely N-dealkylation sites (tertiary alicyclic amines) is 1. The number of ether oxygens (including phenoxy) is 1.